The first-order chi connectivity index (χ1) is 24.8. The second-order valence-corrected chi connectivity index (χ2v) is 12.3. The predicted molar refractivity (Wildman–Crippen MR) is 205 cm³/mol. The lowest BCUT2D eigenvalue weighted by molar-refractivity contribution is 1.15. The highest BCUT2D eigenvalue weighted by Gasteiger charge is 2.18. The smallest absolute Gasteiger partial charge is 0.160 e. The number of fused-ring (bicyclic) bond motifs is 2. The molecule has 0 amide bonds. The Kier molecular flexibility index (Phi) is 7.45. The second-order valence-electron chi connectivity index (χ2n) is 12.3. The Morgan fingerprint density at radius 2 is 0.740 bits per heavy atom. The molecular formula is C46H30N4. The highest BCUT2D eigenvalue weighted by Crippen LogP contribution is 2.44. The Morgan fingerprint density at radius 1 is 0.280 bits per heavy atom. The van der Waals surface area contributed by atoms with E-state index < -0.39 is 0 Å². The lowest BCUT2D eigenvalue weighted by atomic mass is 9.85. The third kappa shape index (κ3) is 5.39. The van der Waals surface area contributed by atoms with Crippen molar-refractivity contribution in [2.75, 3.05) is 0 Å². The van der Waals surface area contributed by atoms with Gasteiger partial charge in [-0.15, -0.1) is 0 Å². The topological polar surface area (TPSA) is 51.6 Å². The van der Waals surface area contributed by atoms with Crippen molar-refractivity contribution in [3.8, 4) is 67.5 Å². The van der Waals surface area contributed by atoms with E-state index in [-0.39, 0.29) is 0 Å². The summed E-state index contributed by atoms with van der Waals surface area (Å²) >= 11 is 0. The van der Waals surface area contributed by atoms with Crippen molar-refractivity contribution in [1.82, 2.24) is 19.9 Å². The molecule has 50 heavy (non-hydrogen) atoms. The van der Waals surface area contributed by atoms with Gasteiger partial charge in [0.2, 0.25) is 0 Å². The van der Waals surface area contributed by atoms with Crippen molar-refractivity contribution in [1.29, 1.82) is 0 Å². The maximum atomic E-state index is 4.95. The van der Waals surface area contributed by atoms with Gasteiger partial charge in [-0.3, -0.25) is 9.97 Å². The minimum absolute atomic E-state index is 0.629. The summed E-state index contributed by atoms with van der Waals surface area (Å²) in [7, 11) is 0. The zero-order valence-corrected chi connectivity index (χ0v) is 27.1. The third-order valence-corrected chi connectivity index (χ3v) is 9.21. The molecule has 0 saturated carbocycles. The van der Waals surface area contributed by atoms with Gasteiger partial charge in [0.25, 0.3) is 0 Å². The fourth-order valence-corrected chi connectivity index (χ4v) is 6.87. The van der Waals surface area contributed by atoms with Gasteiger partial charge in [-0.1, -0.05) is 133 Å². The zero-order valence-electron chi connectivity index (χ0n) is 27.1. The van der Waals surface area contributed by atoms with Gasteiger partial charge in [-0.2, -0.15) is 0 Å². The molecule has 3 heterocycles. The van der Waals surface area contributed by atoms with E-state index in [0.717, 1.165) is 39.5 Å². The molecule has 0 aliphatic carbocycles. The van der Waals surface area contributed by atoms with Gasteiger partial charge in [0.1, 0.15) is 0 Å². The molecular weight excluding hydrogens is 609 g/mol. The van der Waals surface area contributed by atoms with Gasteiger partial charge < -0.3 is 0 Å². The minimum atomic E-state index is 0.629. The van der Waals surface area contributed by atoms with Crippen LogP contribution in [0.4, 0.5) is 0 Å². The van der Waals surface area contributed by atoms with Gasteiger partial charge in [-0.25, -0.2) is 9.97 Å². The van der Waals surface area contributed by atoms with Crippen LogP contribution in [0, 0.1) is 0 Å². The average Bonchev–Trinajstić information content (AvgIpc) is 3.21. The van der Waals surface area contributed by atoms with Crippen molar-refractivity contribution in [2.24, 2.45) is 0 Å². The van der Waals surface area contributed by atoms with Crippen LogP contribution >= 0.6 is 0 Å². The molecule has 0 unspecified atom stereocenters. The molecule has 4 nitrogen and oxygen atoms in total. The fraction of sp³-hybridized carbons (Fsp3) is 0. The SMILES string of the molecule is c1ccc(-c2c3ccccc3c(-c3ccccc3)c3cc(-c4ccc(-c5nc(-c6ccccn6)cc(-c6ccccn6)n5)cc4)ccc23)cc1. The van der Waals surface area contributed by atoms with Crippen LogP contribution in [0.3, 0.4) is 0 Å². The van der Waals surface area contributed by atoms with Crippen LogP contribution in [0.1, 0.15) is 0 Å². The molecule has 234 valence electrons. The van der Waals surface area contributed by atoms with E-state index in [2.05, 4.69) is 137 Å². The summed E-state index contributed by atoms with van der Waals surface area (Å²) < 4.78 is 0. The standard InChI is InChI=1S/C46H30N4/c1-3-13-32(14-4-1)44-36-17-7-8-18-37(36)45(33-15-5-2-6-16-33)39-29-35(25-26-38(39)44)31-21-23-34(24-22-31)46-49-42(40-19-9-11-27-47-40)30-43(50-46)41-20-10-12-28-48-41/h1-30H. The van der Waals surface area contributed by atoms with Crippen LogP contribution in [0.25, 0.3) is 89.1 Å². The second kappa shape index (κ2) is 12.7. The van der Waals surface area contributed by atoms with E-state index in [9.17, 15) is 0 Å². The molecule has 0 aliphatic rings. The molecule has 6 aromatic carbocycles. The summed E-state index contributed by atoms with van der Waals surface area (Å²) in [6, 6.07) is 59.3. The summed E-state index contributed by atoms with van der Waals surface area (Å²) in [6.07, 6.45) is 3.56. The van der Waals surface area contributed by atoms with Gasteiger partial charge >= 0.3 is 0 Å². The molecule has 0 N–H and O–H groups in total. The van der Waals surface area contributed by atoms with Crippen LogP contribution in [0.15, 0.2) is 182 Å². The van der Waals surface area contributed by atoms with Crippen molar-refractivity contribution >= 4 is 21.5 Å². The molecule has 0 aliphatic heterocycles. The average molecular weight is 639 g/mol. The van der Waals surface area contributed by atoms with E-state index in [4.69, 9.17) is 9.97 Å². The Hall–Kier alpha value is -6.78. The minimum Gasteiger partial charge on any atom is -0.255 e. The lowest BCUT2D eigenvalue weighted by Crippen LogP contribution is -1.97. The monoisotopic (exact) mass is 638 g/mol. The summed E-state index contributed by atoms with van der Waals surface area (Å²) in [5, 5.41) is 4.95. The van der Waals surface area contributed by atoms with Crippen molar-refractivity contribution in [3.63, 3.8) is 0 Å². The molecule has 9 rings (SSSR count). The Bertz CT molecular complexity index is 2550. The lowest BCUT2D eigenvalue weighted by Gasteiger charge is -2.18. The van der Waals surface area contributed by atoms with E-state index >= 15 is 0 Å². The van der Waals surface area contributed by atoms with Gasteiger partial charge in [0.05, 0.1) is 22.8 Å². The molecule has 0 atom stereocenters. The quantitative estimate of drug-likeness (QED) is 0.170. The van der Waals surface area contributed by atoms with Crippen LogP contribution in [-0.4, -0.2) is 19.9 Å². The summed E-state index contributed by atoms with van der Waals surface area (Å²) in [5.74, 6) is 0.629. The first-order valence-electron chi connectivity index (χ1n) is 16.7. The Morgan fingerprint density at radius 3 is 1.28 bits per heavy atom. The van der Waals surface area contributed by atoms with Crippen molar-refractivity contribution < 1.29 is 0 Å². The number of hydrogen-bond acceptors (Lipinski definition) is 4. The number of hydrogen-bond donors (Lipinski definition) is 0. The molecule has 0 bridgehead atoms. The van der Waals surface area contributed by atoms with E-state index in [1.807, 2.05) is 42.5 Å². The summed E-state index contributed by atoms with van der Waals surface area (Å²) in [4.78, 5) is 19.0. The predicted octanol–water partition coefficient (Wildman–Crippen LogP) is 11.6. The number of benzene rings is 6. The third-order valence-electron chi connectivity index (χ3n) is 9.21. The summed E-state index contributed by atoms with van der Waals surface area (Å²) in [5.41, 5.74) is 11.2. The van der Waals surface area contributed by atoms with E-state index in [1.165, 1.54) is 43.8 Å². The van der Waals surface area contributed by atoms with Crippen LogP contribution in [-0.2, 0) is 0 Å². The van der Waals surface area contributed by atoms with Crippen molar-refractivity contribution in [3.05, 3.63) is 182 Å². The molecule has 4 heteroatoms. The van der Waals surface area contributed by atoms with Crippen LogP contribution in [0.5, 0.6) is 0 Å². The Balaban J connectivity index is 1.19. The normalized spacial score (nSPS) is 11.2. The Labute approximate surface area is 290 Å². The van der Waals surface area contributed by atoms with Gasteiger partial charge in [0.15, 0.2) is 5.82 Å². The van der Waals surface area contributed by atoms with Gasteiger partial charge in [0, 0.05) is 18.0 Å². The maximum absolute atomic E-state index is 4.95. The number of nitrogens with zero attached hydrogens (tertiary/aromatic N) is 4. The molecule has 3 aromatic heterocycles. The largest absolute Gasteiger partial charge is 0.255 e. The van der Waals surface area contributed by atoms with E-state index in [1.54, 1.807) is 12.4 Å². The number of pyridine rings is 2. The molecule has 0 saturated heterocycles. The first-order valence-corrected chi connectivity index (χ1v) is 16.7. The molecule has 0 spiro atoms. The van der Waals surface area contributed by atoms with Crippen molar-refractivity contribution in [2.45, 2.75) is 0 Å². The molecule has 9 aromatic rings. The van der Waals surface area contributed by atoms with Crippen LogP contribution in [0.2, 0.25) is 0 Å². The van der Waals surface area contributed by atoms with Crippen LogP contribution < -0.4 is 0 Å². The summed E-state index contributed by atoms with van der Waals surface area (Å²) in [6.45, 7) is 0. The number of aromatic nitrogens is 4. The fourth-order valence-electron chi connectivity index (χ4n) is 6.87. The number of rotatable bonds is 6. The zero-order chi connectivity index (χ0) is 33.3. The highest BCUT2D eigenvalue weighted by atomic mass is 14.9. The highest BCUT2D eigenvalue weighted by molar-refractivity contribution is 6.21. The van der Waals surface area contributed by atoms with Gasteiger partial charge in [-0.05, 0) is 91.3 Å². The first kappa shape index (κ1) is 29.4. The van der Waals surface area contributed by atoms with E-state index in [0.29, 0.717) is 5.82 Å². The maximum Gasteiger partial charge on any atom is 0.160 e. The molecule has 0 radical (unpaired) electrons. The molecule has 0 fully saturated rings.